The van der Waals surface area contributed by atoms with Crippen molar-refractivity contribution in [1.29, 1.82) is 5.41 Å². The SMILES string of the molecule is COC(=N)c1ccccc1Br.Cl. The molecule has 0 atom stereocenters. The molecule has 12 heavy (non-hydrogen) atoms. The Kier molecular flexibility index (Phi) is 4.93. The van der Waals surface area contributed by atoms with Crippen molar-refractivity contribution in [3.05, 3.63) is 34.3 Å². The zero-order valence-electron chi connectivity index (χ0n) is 6.50. The van der Waals surface area contributed by atoms with Crippen LogP contribution in [0, 0.1) is 5.41 Å². The van der Waals surface area contributed by atoms with Gasteiger partial charge in [-0.05, 0) is 28.1 Å². The fourth-order valence-electron chi connectivity index (χ4n) is 0.755. The van der Waals surface area contributed by atoms with Crippen LogP contribution in [0.3, 0.4) is 0 Å². The number of ether oxygens (including phenoxy) is 1. The van der Waals surface area contributed by atoms with Crippen LogP contribution in [0.2, 0.25) is 0 Å². The van der Waals surface area contributed by atoms with Crippen LogP contribution in [0.4, 0.5) is 0 Å². The van der Waals surface area contributed by atoms with Gasteiger partial charge in [0.15, 0.2) is 0 Å². The highest BCUT2D eigenvalue weighted by atomic mass is 79.9. The Morgan fingerprint density at radius 2 is 2.00 bits per heavy atom. The third kappa shape index (κ3) is 2.50. The molecule has 1 N–H and O–H groups in total. The fraction of sp³-hybridized carbons (Fsp3) is 0.125. The quantitative estimate of drug-likeness (QED) is 0.603. The standard InChI is InChI=1S/C8H8BrNO.ClH/c1-11-8(10)6-4-2-3-5-7(6)9;/h2-5,10H,1H3;1H. The van der Waals surface area contributed by atoms with Crippen LogP contribution in [0.1, 0.15) is 5.56 Å². The van der Waals surface area contributed by atoms with Crippen LogP contribution in [-0.4, -0.2) is 13.0 Å². The van der Waals surface area contributed by atoms with Crippen molar-refractivity contribution in [3.8, 4) is 0 Å². The molecule has 0 aliphatic heterocycles. The van der Waals surface area contributed by atoms with E-state index in [9.17, 15) is 0 Å². The Bertz CT molecular complexity index is 278. The van der Waals surface area contributed by atoms with Crippen molar-refractivity contribution in [1.82, 2.24) is 0 Å². The number of benzene rings is 1. The number of halogens is 2. The molecule has 4 heteroatoms. The third-order valence-corrected chi connectivity index (χ3v) is 2.01. The van der Waals surface area contributed by atoms with E-state index in [1.165, 1.54) is 7.11 Å². The van der Waals surface area contributed by atoms with Gasteiger partial charge < -0.3 is 4.74 Å². The molecule has 0 fully saturated rings. The number of hydrogen-bond acceptors (Lipinski definition) is 2. The number of hydrogen-bond donors (Lipinski definition) is 1. The lowest BCUT2D eigenvalue weighted by molar-refractivity contribution is 0.401. The van der Waals surface area contributed by atoms with Crippen LogP contribution < -0.4 is 0 Å². The van der Waals surface area contributed by atoms with Gasteiger partial charge in [-0.3, -0.25) is 5.41 Å². The molecule has 0 saturated carbocycles. The molecule has 0 amide bonds. The first-order valence-electron chi connectivity index (χ1n) is 3.13. The summed E-state index contributed by atoms with van der Waals surface area (Å²) in [7, 11) is 1.49. The highest BCUT2D eigenvalue weighted by Gasteiger charge is 2.03. The molecule has 0 unspecified atom stereocenters. The average molecular weight is 251 g/mol. The van der Waals surface area contributed by atoms with E-state index >= 15 is 0 Å². The molecule has 0 aliphatic rings. The Balaban J connectivity index is 0.00000121. The van der Waals surface area contributed by atoms with E-state index in [4.69, 9.17) is 10.1 Å². The molecule has 66 valence electrons. The second kappa shape index (κ2) is 5.17. The smallest absolute Gasteiger partial charge is 0.214 e. The molecule has 0 aromatic heterocycles. The maximum Gasteiger partial charge on any atom is 0.214 e. The summed E-state index contributed by atoms with van der Waals surface area (Å²) >= 11 is 3.32. The molecule has 0 heterocycles. The van der Waals surface area contributed by atoms with E-state index in [1.54, 1.807) is 0 Å². The van der Waals surface area contributed by atoms with E-state index in [1.807, 2.05) is 24.3 Å². The van der Waals surface area contributed by atoms with Gasteiger partial charge in [0.25, 0.3) is 0 Å². The Morgan fingerprint density at radius 3 is 2.50 bits per heavy atom. The van der Waals surface area contributed by atoms with Crippen molar-refractivity contribution >= 4 is 34.2 Å². The zero-order chi connectivity index (χ0) is 8.27. The molecular formula is C8H9BrClNO. The fourth-order valence-corrected chi connectivity index (χ4v) is 1.22. The minimum Gasteiger partial charge on any atom is -0.481 e. The number of methoxy groups -OCH3 is 1. The summed E-state index contributed by atoms with van der Waals surface area (Å²) in [5, 5.41) is 7.37. The van der Waals surface area contributed by atoms with Gasteiger partial charge in [0.1, 0.15) is 0 Å². The lowest BCUT2D eigenvalue weighted by Gasteiger charge is -2.02. The maximum absolute atomic E-state index is 7.37. The number of nitrogens with one attached hydrogen (secondary N) is 1. The van der Waals surface area contributed by atoms with Crippen LogP contribution in [0.5, 0.6) is 0 Å². The molecule has 1 aromatic carbocycles. The van der Waals surface area contributed by atoms with E-state index in [-0.39, 0.29) is 18.3 Å². The van der Waals surface area contributed by atoms with E-state index < -0.39 is 0 Å². The van der Waals surface area contributed by atoms with Crippen LogP contribution in [0.25, 0.3) is 0 Å². The molecule has 0 bridgehead atoms. The Hall–Kier alpha value is -0.540. The second-order valence-electron chi connectivity index (χ2n) is 2.01. The lowest BCUT2D eigenvalue weighted by atomic mass is 10.2. The normalized spacial score (nSPS) is 8.50. The highest BCUT2D eigenvalue weighted by molar-refractivity contribution is 9.10. The Labute approximate surface area is 86.0 Å². The highest BCUT2D eigenvalue weighted by Crippen LogP contribution is 2.15. The van der Waals surface area contributed by atoms with Crippen LogP contribution in [0.15, 0.2) is 28.7 Å². The summed E-state index contributed by atoms with van der Waals surface area (Å²) in [5.41, 5.74) is 0.773. The van der Waals surface area contributed by atoms with Crippen molar-refractivity contribution in [2.45, 2.75) is 0 Å². The molecule has 0 spiro atoms. The van der Waals surface area contributed by atoms with E-state index in [2.05, 4.69) is 15.9 Å². The van der Waals surface area contributed by atoms with Crippen molar-refractivity contribution in [3.63, 3.8) is 0 Å². The monoisotopic (exact) mass is 249 g/mol. The molecule has 0 saturated heterocycles. The maximum atomic E-state index is 7.37. The van der Waals surface area contributed by atoms with Gasteiger partial charge in [0, 0.05) is 4.47 Å². The summed E-state index contributed by atoms with van der Waals surface area (Å²) < 4.78 is 5.65. The largest absolute Gasteiger partial charge is 0.481 e. The van der Waals surface area contributed by atoms with Gasteiger partial charge in [0.2, 0.25) is 5.90 Å². The Morgan fingerprint density at radius 1 is 1.42 bits per heavy atom. The lowest BCUT2D eigenvalue weighted by Crippen LogP contribution is -2.01. The predicted molar refractivity (Wildman–Crippen MR) is 55.2 cm³/mol. The molecule has 1 rings (SSSR count). The minimum atomic E-state index is 0. The van der Waals surface area contributed by atoms with E-state index in [0.29, 0.717) is 0 Å². The minimum absolute atomic E-state index is 0. The van der Waals surface area contributed by atoms with Gasteiger partial charge >= 0.3 is 0 Å². The first-order chi connectivity index (χ1) is 5.25. The summed E-state index contributed by atoms with van der Waals surface area (Å²) in [6, 6.07) is 7.48. The molecule has 0 aliphatic carbocycles. The number of rotatable bonds is 1. The first-order valence-corrected chi connectivity index (χ1v) is 3.92. The third-order valence-electron chi connectivity index (χ3n) is 1.32. The van der Waals surface area contributed by atoms with Gasteiger partial charge in [-0.1, -0.05) is 12.1 Å². The van der Waals surface area contributed by atoms with Gasteiger partial charge in [-0.15, -0.1) is 12.4 Å². The predicted octanol–water partition coefficient (Wildman–Crippen LogP) is 2.84. The molecular weight excluding hydrogens is 241 g/mol. The van der Waals surface area contributed by atoms with Gasteiger partial charge in [-0.2, -0.15) is 0 Å². The van der Waals surface area contributed by atoms with Crippen molar-refractivity contribution in [2.24, 2.45) is 0 Å². The van der Waals surface area contributed by atoms with Crippen LogP contribution in [-0.2, 0) is 4.74 Å². The molecule has 0 radical (unpaired) electrons. The van der Waals surface area contributed by atoms with Crippen molar-refractivity contribution < 1.29 is 4.74 Å². The zero-order valence-corrected chi connectivity index (χ0v) is 8.91. The molecule has 2 nitrogen and oxygen atoms in total. The summed E-state index contributed by atoms with van der Waals surface area (Å²) in [5.74, 6) is 0.178. The van der Waals surface area contributed by atoms with Crippen molar-refractivity contribution in [2.75, 3.05) is 7.11 Å². The summed E-state index contributed by atoms with van der Waals surface area (Å²) in [6.07, 6.45) is 0. The summed E-state index contributed by atoms with van der Waals surface area (Å²) in [4.78, 5) is 0. The van der Waals surface area contributed by atoms with Gasteiger partial charge in [0.05, 0.1) is 12.7 Å². The molecule has 1 aromatic rings. The van der Waals surface area contributed by atoms with Crippen LogP contribution >= 0.6 is 28.3 Å². The summed E-state index contributed by atoms with van der Waals surface area (Å²) in [6.45, 7) is 0. The topological polar surface area (TPSA) is 33.1 Å². The first kappa shape index (κ1) is 11.5. The van der Waals surface area contributed by atoms with E-state index in [0.717, 1.165) is 10.0 Å². The van der Waals surface area contributed by atoms with Gasteiger partial charge in [-0.25, -0.2) is 0 Å². The average Bonchev–Trinajstić information content (AvgIpc) is 2.04. The second-order valence-corrected chi connectivity index (χ2v) is 2.87.